The zero-order chi connectivity index (χ0) is 20.2. The smallest absolute Gasteiger partial charge is 0.177 e. The summed E-state index contributed by atoms with van der Waals surface area (Å²) in [6, 6.07) is 10.6. The standard InChI is InChI=1S/C22H30N6O/c1-15(2)19-14-25-22-18(24-13-16-6-4-5-7-20(16)29-3)12-21(27-28(19)22)26-17-8-10-23-11-9-17/h4-7,12,14-15,17,23-24H,8-11,13H2,1-3H3,(H,26,27). The van der Waals surface area contributed by atoms with E-state index in [2.05, 4.69) is 46.9 Å². The van der Waals surface area contributed by atoms with Gasteiger partial charge in [0.1, 0.15) is 11.6 Å². The molecule has 0 atom stereocenters. The maximum Gasteiger partial charge on any atom is 0.177 e. The van der Waals surface area contributed by atoms with Gasteiger partial charge >= 0.3 is 0 Å². The number of methoxy groups -OCH3 is 1. The van der Waals surface area contributed by atoms with Crippen molar-refractivity contribution < 1.29 is 4.74 Å². The van der Waals surface area contributed by atoms with Crippen molar-refractivity contribution in [2.45, 2.75) is 45.2 Å². The molecule has 1 fully saturated rings. The van der Waals surface area contributed by atoms with Gasteiger partial charge in [-0.25, -0.2) is 9.50 Å². The molecule has 3 aromatic rings. The molecule has 3 N–H and O–H groups in total. The predicted octanol–water partition coefficient (Wildman–Crippen LogP) is 3.64. The van der Waals surface area contributed by atoms with Gasteiger partial charge in [-0.2, -0.15) is 0 Å². The zero-order valence-electron chi connectivity index (χ0n) is 17.4. The average molecular weight is 395 g/mol. The monoisotopic (exact) mass is 394 g/mol. The van der Waals surface area contributed by atoms with Gasteiger partial charge in [0, 0.05) is 24.2 Å². The number of fused-ring (bicyclic) bond motifs is 1. The molecule has 0 radical (unpaired) electrons. The van der Waals surface area contributed by atoms with E-state index in [1.165, 1.54) is 0 Å². The second-order valence-electron chi connectivity index (χ2n) is 7.85. The molecule has 4 rings (SSSR count). The normalized spacial score (nSPS) is 15.0. The molecule has 7 heteroatoms. The Hall–Kier alpha value is -2.80. The van der Waals surface area contributed by atoms with E-state index >= 15 is 0 Å². The molecule has 1 aliphatic heterocycles. The molecule has 0 spiro atoms. The topological polar surface area (TPSA) is 75.5 Å². The molecule has 1 aliphatic rings. The lowest BCUT2D eigenvalue weighted by Gasteiger charge is -2.24. The number of imidazole rings is 1. The number of piperidine rings is 1. The number of nitrogens with one attached hydrogen (secondary N) is 3. The molecular formula is C22H30N6O. The van der Waals surface area contributed by atoms with Gasteiger partial charge in [-0.3, -0.25) is 0 Å². The molecule has 0 aliphatic carbocycles. The molecule has 154 valence electrons. The van der Waals surface area contributed by atoms with Gasteiger partial charge in [0.25, 0.3) is 0 Å². The highest BCUT2D eigenvalue weighted by Crippen LogP contribution is 2.26. The minimum Gasteiger partial charge on any atom is -0.496 e. The van der Waals surface area contributed by atoms with E-state index in [9.17, 15) is 0 Å². The third-order valence-corrected chi connectivity index (χ3v) is 5.44. The van der Waals surface area contributed by atoms with Crippen LogP contribution in [0.4, 0.5) is 11.5 Å². The van der Waals surface area contributed by atoms with Gasteiger partial charge in [-0.1, -0.05) is 32.0 Å². The van der Waals surface area contributed by atoms with Crippen molar-refractivity contribution in [3.05, 3.63) is 47.8 Å². The van der Waals surface area contributed by atoms with Crippen LogP contribution in [-0.2, 0) is 6.54 Å². The van der Waals surface area contributed by atoms with Crippen LogP contribution in [0.1, 0.15) is 43.9 Å². The Morgan fingerprint density at radius 2 is 2.03 bits per heavy atom. The lowest BCUT2D eigenvalue weighted by atomic mass is 10.1. The quantitative estimate of drug-likeness (QED) is 0.568. The number of nitrogens with zero attached hydrogens (tertiary/aromatic N) is 3. The van der Waals surface area contributed by atoms with Crippen LogP contribution in [0.15, 0.2) is 36.5 Å². The van der Waals surface area contributed by atoms with Crippen molar-refractivity contribution in [3.8, 4) is 5.75 Å². The van der Waals surface area contributed by atoms with Crippen LogP contribution in [0.3, 0.4) is 0 Å². The molecule has 2 aromatic heterocycles. The Balaban J connectivity index is 1.65. The summed E-state index contributed by atoms with van der Waals surface area (Å²) in [5.41, 5.74) is 4.02. The van der Waals surface area contributed by atoms with Gasteiger partial charge in [-0.05, 0) is 37.9 Å². The third-order valence-electron chi connectivity index (χ3n) is 5.44. The summed E-state index contributed by atoms with van der Waals surface area (Å²) in [7, 11) is 1.70. The fraction of sp³-hybridized carbons (Fsp3) is 0.455. The summed E-state index contributed by atoms with van der Waals surface area (Å²) in [5, 5.41) is 15.4. The van der Waals surface area contributed by atoms with Crippen molar-refractivity contribution in [2.75, 3.05) is 30.8 Å². The lowest BCUT2D eigenvalue weighted by Crippen LogP contribution is -2.35. The number of aromatic nitrogens is 3. The van der Waals surface area contributed by atoms with Crippen molar-refractivity contribution in [3.63, 3.8) is 0 Å². The minimum atomic E-state index is 0.341. The molecule has 0 bridgehead atoms. The highest BCUT2D eigenvalue weighted by molar-refractivity contribution is 5.71. The highest BCUT2D eigenvalue weighted by atomic mass is 16.5. The Labute approximate surface area is 171 Å². The zero-order valence-corrected chi connectivity index (χ0v) is 17.4. The second-order valence-corrected chi connectivity index (χ2v) is 7.85. The van der Waals surface area contributed by atoms with E-state index in [1.54, 1.807) is 7.11 Å². The van der Waals surface area contributed by atoms with E-state index in [0.717, 1.165) is 60.1 Å². The maximum absolute atomic E-state index is 5.49. The summed E-state index contributed by atoms with van der Waals surface area (Å²) in [6.45, 7) is 7.07. The first kappa shape index (κ1) is 19.5. The molecule has 0 unspecified atom stereocenters. The van der Waals surface area contributed by atoms with Gasteiger partial charge < -0.3 is 20.7 Å². The predicted molar refractivity (Wildman–Crippen MR) is 117 cm³/mol. The van der Waals surface area contributed by atoms with Gasteiger partial charge in [0.2, 0.25) is 0 Å². The Kier molecular flexibility index (Phi) is 5.85. The summed E-state index contributed by atoms with van der Waals surface area (Å²) in [6.07, 6.45) is 4.13. The van der Waals surface area contributed by atoms with Crippen molar-refractivity contribution in [1.82, 2.24) is 19.9 Å². The molecule has 3 heterocycles. The Bertz CT molecular complexity index is 961. The Morgan fingerprint density at radius 1 is 1.24 bits per heavy atom. The minimum absolute atomic E-state index is 0.341. The summed E-state index contributed by atoms with van der Waals surface area (Å²) in [5.74, 6) is 2.10. The molecule has 7 nitrogen and oxygen atoms in total. The molecule has 1 saturated heterocycles. The summed E-state index contributed by atoms with van der Waals surface area (Å²) >= 11 is 0. The first-order chi connectivity index (χ1) is 14.2. The van der Waals surface area contributed by atoms with Crippen LogP contribution in [0.2, 0.25) is 0 Å². The lowest BCUT2D eigenvalue weighted by molar-refractivity contribution is 0.410. The first-order valence-electron chi connectivity index (χ1n) is 10.4. The number of rotatable bonds is 7. The van der Waals surface area contributed by atoms with Crippen LogP contribution in [0, 0.1) is 0 Å². The Morgan fingerprint density at radius 3 is 2.79 bits per heavy atom. The van der Waals surface area contributed by atoms with Crippen molar-refractivity contribution in [2.24, 2.45) is 0 Å². The third kappa shape index (κ3) is 4.29. The van der Waals surface area contributed by atoms with Crippen LogP contribution in [0.5, 0.6) is 5.75 Å². The van der Waals surface area contributed by atoms with Crippen LogP contribution < -0.4 is 20.7 Å². The molecule has 0 amide bonds. The number of ether oxygens (including phenoxy) is 1. The van der Waals surface area contributed by atoms with Crippen molar-refractivity contribution in [1.29, 1.82) is 0 Å². The van der Waals surface area contributed by atoms with Gasteiger partial charge in [-0.15, -0.1) is 5.10 Å². The molecule has 29 heavy (non-hydrogen) atoms. The summed E-state index contributed by atoms with van der Waals surface area (Å²) in [4.78, 5) is 4.65. The van der Waals surface area contributed by atoms with Crippen LogP contribution in [-0.4, -0.2) is 40.8 Å². The van der Waals surface area contributed by atoms with Crippen LogP contribution in [0.25, 0.3) is 5.65 Å². The molecular weight excluding hydrogens is 364 g/mol. The SMILES string of the molecule is COc1ccccc1CNc1cc(NC2CCNCC2)nn2c(C(C)C)cnc12. The first-order valence-corrected chi connectivity index (χ1v) is 10.4. The molecule has 1 aromatic carbocycles. The molecule has 0 saturated carbocycles. The second kappa shape index (κ2) is 8.69. The van der Waals surface area contributed by atoms with Crippen LogP contribution >= 0.6 is 0 Å². The van der Waals surface area contributed by atoms with E-state index in [0.29, 0.717) is 18.5 Å². The number of para-hydroxylation sites is 1. The number of anilines is 2. The van der Waals surface area contributed by atoms with E-state index < -0.39 is 0 Å². The summed E-state index contributed by atoms with van der Waals surface area (Å²) < 4.78 is 7.46. The highest BCUT2D eigenvalue weighted by Gasteiger charge is 2.17. The van der Waals surface area contributed by atoms with E-state index in [1.807, 2.05) is 28.9 Å². The van der Waals surface area contributed by atoms with E-state index in [4.69, 9.17) is 9.84 Å². The number of hydrogen-bond acceptors (Lipinski definition) is 6. The van der Waals surface area contributed by atoms with Gasteiger partial charge in [0.15, 0.2) is 5.65 Å². The van der Waals surface area contributed by atoms with Gasteiger partial charge in [0.05, 0.1) is 24.7 Å². The maximum atomic E-state index is 5.49. The number of benzene rings is 1. The fourth-order valence-electron chi connectivity index (χ4n) is 3.79. The number of hydrogen-bond donors (Lipinski definition) is 3. The van der Waals surface area contributed by atoms with Crippen molar-refractivity contribution >= 4 is 17.2 Å². The average Bonchev–Trinajstić information content (AvgIpc) is 3.17. The largest absolute Gasteiger partial charge is 0.496 e. The van der Waals surface area contributed by atoms with E-state index in [-0.39, 0.29) is 0 Å². The fourth-order valence-corrected chi connectivity index (χ4v) is 3.79.